The van der Waals surface area contributed by atoms with Crippen LogP contribution in [-0.2, 0) is 11.4 Å². The van der Waals surface area contributed by atoms with Crippen LogP contribution < -0.4 is 25.0 Å². The Morgan fingerprint density at radius 1 is 0.878 bits per heavy atom. The molecular formula is C31H27BrClN3O5. The lowest BCUT2D eigenvalue weighted by molar-refractivity contribution is -0.118. The third kappa shape index (κ3) is 8.83. The van der Waals surface area contributed by atoms with Gasteiger partial charge in [-0.3, -0.25) is 9.59 Å². The molecule has 8 nitrogen and oxygen atoms in total. The van der Waals surface area contributed by atoms with E-state index < -0.39 is 5.91 Å². The number of amides is 2. The summed E-state index contributed by atoms with van der Waals surface area (Å²) >= 11 is 9.52. The molecule has 210 valence electrons. The first-order chi connectivity index (χ1) is 19.9. The first kappa shape index (κ1) is 29.6. The number of para-hydroxylation sites is 1. The van der Waals surface area contributed by atoms with Crippen LogP contribution in [0.2, 0.25) is 5.02 Å². The highest BCUT2D eigenvalue weighted by atomic mass is 79.9. The van der Waals surface area contributed by atoms with Gasteiger partial charge in [0.05, 0.1) is 23.5 Å². The first-order valence-corrected chi connectivity index (χ1v) is 13.8. The van der Waals surface area contributed by atoms with Gasteiger partial charge in [0, 0.05) is 15.6 Å². The zero-order valence-corrected chi connectivity index (χ0v) is 24.4. The van der Waals surface area contributed by atoms with Crippen LogP contribution in [0.1, 0.15) is 28.4 Å². The topological polar surface area (TPSA) is 98.3 Å². The van der Waals surface area contributed by atoms with Gasteiger partial charge in [0.15, 0.2) is 18.1 Å². The quantitative estimate of drug-likeness (QED) is 0.131. The van der Waals surface area contributed by atoms with Crippen molar-refractivity contribution in [2.45, 2.75) is 13.5 Å². The molecule has 0 aliphatic carbocycles. The summed E-state index contributed by atoms with van der Waals surface area (Å²) in [4.78, 5) is 25.2. The van der Waals surface area contributed by atoms with Gasteiger partial charge in [0.25, 0.3) is 11.8 Å². The van der Waals surface area contributed by atoms with E-state index in [2.05, 4.69) is 31.8 Å². The number of hydrogen-bond acceptors (Lipinski definition) is 6. The van der Waals surface area contributed by atoms with E-state index in [1.165, 1.54) is 6.21 Å². The minimum absolute atomic E-state index is 0.251. The smallest absolute Gasteiger partial charge is 0.271 e. The van der Waals surface area contributed by atoms with Crippen molar-refractivity contribution in [2.24, 2.45) is 5.10 Å². The second-order valence-electron chi connectivity index (χ2n) is 8.57. The Labute approximate surface area is 251 Å². The molecule has 0 bridgehead atoms. The monoisotopic (exact) mass is 635 g/mol. The Bertz CT molecular complexity index is 1530. The van der Waals surface area contributed by atoms with Gasteiger partial charge in [-0.2, -0.15) is 5.10 Å². The molecule has 0 aliphatic rings. The zero-order valence-electron chi connectivity index (χ0n) is 22.1. The lowest BCUT2D eigenvalue weighted by Crippen LogP contribution is -2.21. The van der Waals surface area contributed by atoms with Crippen molar-refractivity contribution < 1.29 is 23.8 Å². The average molecular weight is 637 g/mol. The fourth-order valence-electron chi connectivity index (χ4n) is 3.64. The maximum atomic E-state index is 12.8. The third-order valence-corrected chi connectivity index (χ3v) is 6.41. The van der Waals surface area contributed by atoms with Gasteiger partial charge >= 0.3 is 0 Å². The molecule has 0 saturated heterocycles. The number of hydrogen-bond donors (Lipinski definition) is 2. The summed E-state index contributed by atoms with van der Waals surface area (Å²) in [6, 6.07) is 26.9. The van der Waals surface area contributed by atoms with Gasteiger partial charge < -0.3 is 19.5 Å². The number of nitrogens with zero attached hydrogens (tertiary/aromatic N) is 1. The minimum atomic E-state index is -0.437. The van der Waals surface area contributed by atoms with Crippen LogP contribution in [0.15, 0.2) is 101 Å². The fraction of sp³-hybridized carbons (Fsp3) is 0.129. The molecule has 41 heavy (non-hydrogen) atoms. The van der Waals surface area contributed by atoms with Gasteiger partial charge in [-0.1, -0.05) is 70.0 Å². The number of nitrogens with one attached hydrogen (secondary N) is 2. The van der Waals surface area contributed by atoms with Crippen molar-refractivity contribution in [3.8, 4) is 17.2 Å². The Morgan fingerprint density at radius 2 is 1.63 bits per heavy atom. The van der Waals surface area contributed by atoms with E-state index in [1.54, 1.807) is 60.7 Å². The number of anilines is 1. The number of hydrazone groups is 1. The maximum absolute atomic E-state index is 12.8. The number of halogens is 2. The van der Waals surface area contributed by atoms with Gasteiger partial charge in [-0.05, 0) is 61.0 Å². The SMILES string of the molecule is CCOc1cc(C(=O)N/N=C/c2cc(Br)ccc2OCC(=O)Nc2ccccc2Cl)ccc1OCc1ccccc1. The molecule has 0 saturated carbocycles. The standard InChI is InChI=1S/C31H27BrClN3O5/c1-2-39-29-17-22(12-14-28(29)40-19-21-8-4-3-5-9-21)31(38)36-34-18-23-16-24(32)13-15-27(23)41-20-30(37)35-26-11-7-6-10-25(26)33/h3-18H,2,19-20H2,1H3,(H,35,37)(H,36,38)/b34-18+. The molecule has 0 unspecified atom stereocenters. The second kappa shape index (κ2) is 14.9. The zero-order chi connectivity index (χ0) is 29.0. The molecule has 2 amide bonds. The van der Waals surface area contributed by atoms with E-state index in [0.29, 0.717) is 52.3 Å². The van der Waals surface area contributed by atoms with Gasteiger partial charge in [-0.15, -0.1) is 0 Å². The number of rotatable bonds is 12. The van der Waals surface area contributed by atoms with Crippen molar-refractivity contribution >= 4 is 51.2 Å². The van der Waals surface area contributed by atoms with E-state index in [1.807, 2.05) is 37.3 Å². The molecule has 4 aromatic carbocycles. The summed E-state index contributed by atoms with van der Waals surface area (Å²) in [5, 5.41) is 7.22. The highest BCUT2D eigenvalue weighted by Crippen LogP contribution is 2.29. The highest BCUT2D eigenvalue weighted by Gasteiger charge is 2.13. The second-order valence-corrected chi connectivity index (χ2v) is 9.89. The first-order valence-electron chi connectivity index (χ1n) is 12.7. The Morgan fingerprint density at radius 3 is 2.41 bits per heavy atom. The van der Waals surface area contributed by atoms with Crippen molar-refractivity contribution in [3.63, 3.8) is 0 Å². The summed E-state index contributed by atoms with van der Waals surface area (Å²) in [5.41, 5.74) is 4.92. The van der Waals surface area contributed by atoms with Gasteiger partial charge in [-0.25, -0.2) is 5.43 Å². The molecule has 0 heterocycles. The van der Waals surface area contributed by atoms with Crippen molar-refractivity contribution in [2.75, 3.05) is 18.5 Å². The van der Waals surface area contributed by atoms with Crippen molar-refractivity contribution in [1.29, 1.82) is 0 Å². The summed E-state index contributed by atoms with van der Waals surface area (Å²) in [7, 11) is 0. The Kier molecular flexibility index (Phi) is 10.8. The van der Waals surface area contributed by atoms with Crippen LogP contribution in [0.25, 0.3) is 0 Å². The van der Waals surface area contributed by atoms with E-state index in [-0.39, 0.29) is 12.5 Å². The Balaban J connectivity index is 1.38. The third-order valence-electron chi connectivity index (χ3n) is 5.59. The van der Waals surface area contributed by atoms with Crippen molar-refractivity contribution in [1.82, 2.24) is 5.43 Å². The Hall–Kier alpha value is -4.34. The van der Waals surface area contributed by atoms with Gasteiger partial charge in [0.2, 0.25) is 0 Å². The normalized spacial score (nSPS) is 10.7. The number of carbonyl (C=O) groups is 2. The van der Waals surface area contributed by atoms with Gasteiger partial charge in [0.1, 0.15) is 12.4 Å². The minimum Gasteiger partial charge on any atom is -0.490 e. The molecule has 2 N–H and O–H groups in total. The lowest BCUT2D eigenvalue weighted by Gasteiger charge is -2.13. The van der Waals surface area contributed by atoms with Crippen LogP contribution >= 0.6 is 27.5 Å². The molecule has 0 spiro atoms. The molecule has 0 radical (unpaired) electrons. The summed E-state index contributed by atoms with van der Waals surface area (Å²) in [6.45, 7) is 2.39. The lowest BCUT2D eigenvalue weighted by atomic mass is 10.2. The van der Waals surface area contributed by atoms with E-state index in [4.69, 9.17) is 25.8 Å². The van der Waals surface area contributed by atoms with E-state index >= 15 is 0 Å². The maximum Gasteiger partial charge on any atom is 0.271 e. The molecule has 0 fully saturated rings. The highest BCUT2D eigenvalue weighted by molar-refractivity contribution is 9.10. The van der Waals surface area contributed by atoms with Crippen molar-refractivity contribution in [3.05, 3.63) is 117 Å². The fourth-order valence-corrected chi connectivity index (χ4v) is 4.20. The molecule has 4 aromatic rings. The molecule has 10 heteroatoms. The predicted molar refractivity (Wildman–Crippen MR) is 163 cm³/mol. The average Bonchev–Trinajstić information content (AvgIpc) is 2.98. The number of benzene rings is 4. The molecule has 0 atom stereocenters. The van der Waals surface area contributed by atoms with Crippen LogP contribution in [0, 0.1) is 0 Å². The van der Waals surface area contributed by atoms with Crippen LogP contribution in [-0.4, -0.2) is 31.2 Å². The summed E-state index contributed by atoms with van der Waals surface area (Å²) < 4.78 is 18.1. The molecule has 0 aliphatic heterocycles. The van der Waals surface area contributed by atoms with Crippen LogP contribution in [0.4, 0.5) is 5.69 Å². The largest absolute Gasteiger partial charge is 0.490 e. The predicted octanol–water partition coefficient (Wildman–Crippen LogP) is 6.86. The van der Waals surface area contributed by atoms with Crippen LogP contribution in [0.5, 0.6) is 17.2 Å². The summed E-state index contributed by atoms with van der Waals surface area (Å²) in [5.74, 6) is 0.578. The summed E-state index contributed by atoms with van der Waals surface area (Å²) in [6.07, 6.45) is 1.44. The van der Waals surface area contributed by atoms with E-state index in [0.717, 1.165) is 10.0 Å². The molecular weight excluding hydrogens is 610 g/mol. The molecule has 4 rings (SSSR count). The molecule has 0 aromatic heterocycles. The number of ether oxygens (including phenoxy) is 3. The number of carbonyl (C=O) groups excluding carboxylic acids is 2. The van der Waals surface area contributed by atoms with E-state index in [9.17, 15) is 9.59 Å². The van der Waals surface area contributed by atoms with Crippen LogP contribution in [0.3, 0.4) is 0 Å².